The van der Waals surface area contributed by atoms with Gasteiger partial charge in [0.15, 0.2) is 11.2 Å². The predicted molar refractivity (Wildman–Crippen MR) is 86.0 cm³/mol. The van der Waals surface area contributed by atoms with Crippen LogP contribution in [0.5, 0.6) is 0 Å². The van der Waals surface area contributed by atoms with Gasteiger partial charge in [-0.15, -0.1) is 11.3 Å². The molecular formula is C15H21N3O4S. The molecule has 23 heavy (non-hydrogen) atoms. The monoisotopic (exact) mass is 339 g/mol. The van der Waals surface area contributed by atoms with Gasteiger partial charge < -0.3 is 9.64 Å². The van der Waals surface area contributed by atoms with E-state index in [0.717, 1.165) is 0 Å². The van der Waals surface area contributed by atoms with E-state index < -0.39 is 18.0 Å². The van der Waals surface area contributed by atoms with Crippen molar-refractivity contribution in [3.8, 4) is 0 Å². The smallest absolute Gasteiger partial charge is 0.312 e. The minimum absolute atomic E-state index is 0.0251. The normalized spacial score (nSPS) is 19.1. The van der Waals surface area contributed by atoms with Crippen molar-refractivity contribution >= 4 is 34.3 Å². The maximum Gasteiger partial charge on any atom is 0.312 e. The summed E-state index contributed by atoms with van der Waals surface area (Å²) in [6, 6.07) is 0.0251. The molecule has 2 atom stereocenters. The first-order valence-corrected chi connectivity index (χ1v) is 8.36. The molecule has 1 aromatic rings. The van der Waals surface area contributed by atoms with Crippen molar-refractivity contribution in [3.63, 3.8) is 0 Å². The van der Waals surface area contributed by atoms with Gasteiger partial charge in [0, 0.05) is 37.6 Å². The van der Waals surface area contributed by atoms with Crippen LogP contribution in [0.3, 0.4) is 0 Å². The second-order valence-corrected chi connectivity index (χ2v) is 6.72. The van der Waals surface area contributed by atoms with E-state index in [2.05, 4.69) is 4.98 Å². The van der Waals surface area contributed by atoms with Gasteiger partial charge in [-0.1, -0.05) is 0 Å². The maximum absolute atomic E-state index is 12.2. The molecule has 2 rings (SSSR count). The molecule has 126 valence electrons. The topological polar surface area (TPSA) is 79.8 Å². The minimum atomic E-state index is -0.862. The number of hydrogen-bond donors (Lipinski definition) is 0. The largest absolute Gasteiger partial charge is 0.452 e. The number of thiazole rings is 1. The summed E-state index contributed by atoms with van der Waals surface area (Å²) in [7, 11) is 1.67. The third kappa shape index (κ3) is 3.87. The molecule has 2 heterocycles. The van der Waals surface area contributed by atoms with Gasteiger partial charge in [0.25, 0.3) is 5.91 Å². The number of anilines is 1. The number of amides is 2. The number of aromatic nitrogens is 1. The number of ether oxygens (including phenoxy) is 1. The SMILES string of the molecule is CC(OC(=O)C1CC(=O)N(c2nccs2)C1)C(=O)N(C)C(C)C. The van der Waals surface area contributed by atoms with Crippen LogP contribution < -0.4 is 4.90 Å². The summed E-state index contributed by atoms with van der Waals surface area (Å²) in [6.45, 7) is 5.56. The molecule has 0 saturated carbocycles. The van der Waals surface area contributed by atoms with Crippen LogP contribution >= 0.6 is 11.3 Å². The number of hydrogen-bond acceptors (Lipinski definition) is 6. The number of esters is 1. The number of carbonyl (C=O) groups is 3. The first-order chi connectivity index (χ1) is 10.8. The lowest BCUT2D eigenvalue weighted by molar-refractivity contribution is -0.162. The van der Waals surface area contributed by atoms with E-state index in [1.165, 1.54) is 21.1 Å². The van der Waals surface area contributed by atoms with Crippen LogP contribution in [-0.4, -0.2) is 53.4 Å². The lowest BCUT2D eigenvalue weighted by Crippen LogP contribution is -2.42. The van der Waals surface area contributed by atoms with Crippen molar-refractivity contribution in [2.45, 2.75) is 39.3 Å². The van der Waals surface area contributed by atoms with Gasteiger partial charge in [0.05, 0.1) is 5.92 Å². The molecule has 8 heteroatoms. The quantitative estimate of drug-likeness (QED) is 0.755. The molecule has 1 aromatic heterocycles. The molecule has 0 bridgehead atoms. The molecule has 1 fully saturated rings. The Bertz CT molecular complexity index is 588. The van der Waals surface area contributed by atoms with Crippen molar-refractivity contribution in [3.05, 3.63) is 11.6 Å². The van der Waals surface area contributed by atoms with E-state index in [9.17, 15) is 14.4 Å². The Hall–Kier alpha value is -1.96. The zero-order chi connectivity index (χ0) is 17.1. The van der Waals surface area contributed by atoms with Gasteiger partial charge in [-0.2, -0.15) is 0 Å². The lowest BCUT2D eigenvalue weighted by Gasteiger charge is -2.25. The summed E-state index contributed by atoms with van der Waals surface area (Å²) in [5, 5.41) is 2.35. The average molecular weight is 339 g/mol. The van der Waals surface area contributed by atoms with Crippen molar-refractivity contribution < 1.29 is 19.1 Å². The lowest BCUT2D eigenvalue weighted by atomic mass is 10.1. The van der Waals surface area contributed by atoms with Crippen molar-refractivity contribution in [2.75, 3.05) is 18.5 Å². The van der Waals surface area contributed by atoms with Crippen molar-refractivity contribution in [1.82, 2.24) is 9.88 Å². The molecular weight excluding hydrogens is 318 g/mol. The van der Waals surface area contributed by atoms with Crippen LogP contribution in [0, 0.1) is 5.92 Å². The van der Waals surface area contributed by atoms with Crippen LogP contribution in [0.15, 0.2) is 11.6 Å². The van der Waals surface area contributed by atoms with Crippen LogP contribution in [0.2, 0.25) is 0 Å². The van der Waals surface area contributed by atoms with E-state index >= 15 is 0 Å². The maximum atomic E-state index is 12.2. The summed E-state index contributed by atoms with van der Waals surface area (Å²) in [5.74, 6) is -1.49. The molecule has 1 saturated heterocycles. The second-order valence-electron chi connectivity index (χ2n) is 5.84. The Balaban J connectivity index is 1.94. The molecule has 0 N–H and O–H groups in total. The number of rotatable bonds is 5. The summed E-state index contributed by atoms with van der Waals surface area (Å²) in [4.78, 5) is 43.5. The van der Waals surface area contributed by atoms with Crippen LogP contribution in [0.1, 0.15) is 27.2 Å². The number of carbonyl (C=O) groups excluding carboxylic acids is 3. The third-order valence-electron chi connectivity index (χ3n) is 3.87. The highest BCUT2D eigenvalue weighted by Crippen LogP contribution is 2.27. The van der Waals surface area contributed by atoms with Crippen molar-refractivity contribution in [2.24, 2.45) is 5.92 Å². The number of likely N-dealkylation sites (N-methyl/N-ethyl adjacent to an activating group) is 1. The molecule has 0 radical (unpaired) electrons. The van der Waals surface area contributed by atoms with Crippen LogP contribution in [0.4, 0.5) is 5.13 Å². The molecule has 1 aliphatic rings. The molecule has 1 aliphatic heterocycles. The zero-order valence-corrected chi connectivity index (χ0v) is 14.5. The third-order valence-corrected chi connectivity index (χ3v) is 4.67. The average Bonchev–Trinajstić information content (AvgIpc) is 3.14. The van der Waals surface area contributed by atoms with Gasteiger partial charge in [-0.3, -0.25) is 19.3 Å². The van der Waals surface area contributed by atoms with E-state index in [-0.39, 0.29) is 30.8 Å². The zero-order valence-electron chi connectivity index (χ0n) is 13.7. The molecule has 7 nitrogen and oxygen atoms in total. The summed E-state index contributed by atoms with van der Waals surface area (Å²) < 4.78 is 5.26. The Morgan fingerprint density at radius 2 is 2.13 bits per heavy atom. The Morgan fingerprint density at radius 3 is 2.70 bits per heavy atom. The first-order valence-electron chi connectivity index (χ1n) is 7.48. The fourth-order valence-corrected chi connectivity index (χ4v) is 2.93. The van der Waals surface area contributed by atoms with E-state index in [0.29, 0.717) is 5.13 Å². The predicted octanol–water partition coefficient (Wildman–Crippen LogP) is 1.29. The second kappa shape index (κ2) is 7.08. The minimum Gasteiger partial charge on any atom is -0.452 e. The standard InChI is InChI=1S/C15H21N3O4S/c1-9(2)17(4)13(20)10(3)22-14(21)11-7-12(19)18(8-11)15-16-5-6-23-15/h5-6,9-11H,7-8H2,1-4H3. The first kappa shape index (κ1) is 17.4. The highest BCUT2D eigenvalue weighted by atomic mass is 32.1. The molecule has 0 aliphatic carbocycles. The van der Waals surface area contributed by atoms with E-state index in [1.54, 1.807) is 25.5 Å². The molecule has 2 unspecified atom stereocenters. The molecule has 0 spiro atoms. The van der Waals surface area contributed by atoms with Gasteiger partial charge >= 0.3 is 5.97 Å². The van der Waals surface area contributed by atoms with E-state index in [1.807, 2.05) is 13.8 Å². The van der Waals surface area contributed by atoms with Gasteiger partial charge in [-0.25, -0.2) is 4.98 Å². The Labute approximate surface area is 139 Å². The van der Waals surface area contributed by atoms with Crippen LogP contribution in [-0.2, 0) is 19.1 Å². The Morgan fingerprint density at radius 1 is 1.43 bits per heavy atom. The Kier molecular flexibility index (Phi) is 5.35. The van der Waals surface area contributed by atoms with E-state index in [4.69, 9.17) is 4.74 Å². The molecule has 0 aromatic carbocycles. The highest BCUT2D eigenvalue weighted by molar-refractivity contribution is 7.13. The van der Waals surface area contributed by atoms with Gasteiger partial charge in [0.1, 0.15) is 0 Å². The fourth-order valence-electron chi connectivity index (χ4n) is 2.26. The summed E-state index contributed by atoms with van der Waals surface area (Å²) in [6.07, 6.45) is 0.833. The van der Waals surface area contributed by atoms with Gasteiger partial charge in [0.2, 0.25) is 5.91 Å². The number of nitrogens with zero attached hydrogens (tertiary/aromatic N) is 3. The van der Waals surface area contributed by atoms with Gasteiger partial charge in [-0.05, 0) is 20.8 Å². The summed E-state index contributed by atoms with van der Waals surface area (Å²) >= 11 is 1.34. The van der Waals surface area contributed by atoms with Crippen molar-refractivity contribution in [1.29, 1.82) is 0 Å². The molecule has 2 amide bonds. The van der Waals surface area contributed by atoms with Crippen LogP contribution in [0.25, 0.3) is 0 Å². The summed E-state index contributed by atoms with van der Waals surface area (Å²) in [5.41, 5.74) is 0. The fraction of sp³-hybridized carbons (Fsp3) is 0.600. The highest BCUT2D eigenvalue weighted by Gasteiger charge is 2.38.